The van der Waals surface area contributed by atoms with E-state index in [1.807, 2.05) is 0 Å². The summed E-state index contributed by atoms with van der Waals surface area (Å²) in [5.41, 5.74) is 0. The van der Waals surface area contributed by atoms with Crippen molar-refractivity contribution in [3.05, 3.63) is 12.2 Å². The van der Waals surface area contributed by atoms with Crippen LogP contribution < -0.4 is 0 Å². The molecular weight excluding hydrogens is 224 g/mol. The molecule has 3 saturated heterocycles. The third kappa shape index (κ3) is 1.49. The van der Waals surface area contributed by atoms with E-state index in [2.05, 4.69) is 15.9 Å². The third-order valence-corrected chi connectivity index (χ3v) is 5.59. The van der Waals surface area contributed by atoms with Gasteiger partial charge in [-0.3, -0.25) is 9.69 Å². The number of rotatable bonds is 0. The average molecular weight is 246 g/mol. The average Bonchev–Trinajstić information content (AvgIpc) is 2.41. The SMILES string of the molecule is O=C1C=CC[C@@H]2[C@H]3CCCN4CCC[C@H](CN12)[C@H]34. The summed E-state index contributed by atoms with van der Waals surface area (Å²) in [6.07, 6.45) is 10.3. The van der Waals surface area contributed by atoms with Gasteiger partial charge in [0.1, 0.15) is 0 Å². The Morgan fingerprint density at radius 1 is 1.17 bits per heavy atom. The Hall–Kier alpha value is -0.830. The number of hydrogen-bond donors (Lipinski definition) is 0. The highest BCUT2D eigenvalue weighted by molar-refractivity contribution is 5.88. The predicted octanol–water partition coefficient (Wildman–Crippen LogP) is 1.65. The lowest BCUT2D eigenvalue weighted by Gasteiger charge is -2.57. The molecule has 0 bridgehead atoms. The van der Waals surface area contributed by atoms with Crippen molar-refractivity contribution in [3.63, 3.8) is 0 Å². The summed E-state index contributed by atoms with van der Waals surface area (Å²) in [5.74, 6) is 1.76. The van der Waals surface area contributed by atoms with E-state index in [4.69, 9.17) is 0 Å². The van der Waals surface area contributed by atoms with Crippen molar-refractivity contribution in [1.29, 1.82) is 0 Å². The summed E-state index contributed by atoms with van der Waals surface area (Å²) in [5, 5.41) is 0. The second-order valence-corrected chi connectivity index (χ2v) is 6.43. The third-order valence-electron chi connectivity index (χ3n) is 5.59. The van der Waals surface area contributed by atoms with Gasteiger partial charge in [0.25, 0.3) is 0 Å². The maximum Gasteiger partial charge on any atom is 0.246 e. The normalized spacial score (nSPS) is 43.6. The molecule has 0 aromatic carbocycles. The minimum Gasteiger partial charge on any atom is -0.335 e. The topological polar surface area (TPSA) is 23.6 Å². The summed E-state index contributed by atoms with van der Waals surface area (Å²) in [6.45, 7) is 3.62. The molecule has 0 N–H and O–H groups in total. The second kappa shape index (κ2) is 4.09. The highest BCUT2D eigenvalue weighted by atomic mass is 16.2. The molecule has 0 aliphatic carbocycles. The van der Waals surface area contributed by atoms with Crippen LogP contribution in [0.25, 0.3) is 0 Å². The van der Waals surface area contributed by atoms with Crippen molar-refractivity contribution in [2.45, 2.75) is 44.2 Å². The molecule has 0 aromatic heterocycles. The van der Waals surface area contributed by atoms with Crippen LogP contribution >= 0.6 is 0 Å². The zero-order valence-electron chi connectivity index (χ0n) is 10.9. The molecule has 4 rings (SSSR count). The number of nitrogens with zero attached hydrogens (tertiary/aromatic N) is 2. The Balaban J connectivity index is 1.68. The Kier molecular flexibility index (Phi) is 2.51. The van der Waals surface area contributed by atoms with Crippen LogP contribution in [0.5, 0.6) is 0 Å². The van der Waals surface area contributed by atoms with Crippen molar-refractivity contribution < 1.29 is 4.79 Å². The molecule has 18 heavy (non-hydrogen) atoms. The first-order chi connectivity index (χ1) is 8.84. The first-order valence-corrected chi connectivity index (χ1v) is 7.56. The monoisotopic (exact) mass is 246 g/mol. The lowest BCUT2D eigenvalue weighted by molar-refractivity contribution is -0.141. The maximum atomic E-state index is 12.1. The van der Waals surface area contributed by atoms with Gasteiger partial charge in [-0.2, -0.15) is 0 Å². The van der Waals surface area contributed by atoms with Crippen LogP contribution in [0.3, 0.4) is 0 Å². The zero-order valence-corrected chi connectivity index (χ0v) is 10.9. The van der Waals surface area contributed by atoms with Gasteiger partial charge in [-0.25, -0.2) is 0 Å². The van der Waals surface area contributed by atoms with Crippen LogP contribution in [0.1, 0.15) is 32.1 Å². The predicted molar refractivity (Wildman–Crippen MR) is 70.1 cm³/mol. The van der Waals surface area contributed by atoms with Crippen LogP contribution in [0.4, 0.5) is 0 Å². The van der Waals surface area contributed by atoms with Gasteiger partial charge in [0.2, 0.25) is 5.91 Å². The van der Waals surface area contributed by atoms with E-state index in [0.29, 0.717) is 6.04 Å². The highest BCUT2D eigenvalue weighted by Crippen LogP contribution is 2.43. The fraction of sp³-hybridized carbons (Fsp3) is 0.800. The minimum atomic E-state index is 0.271. The quantitative estimate of drug-likeness (QED) is 0.649. The highest BCUT2D eigenvalue weighted by Gasteiger charge is 2.49. The molecule has 0 unspecified atom stereocenters. The van der Waals surface area contributed by atoms with Gasteiger partial charge in [0.05, 0.1) is 0 Å². The standard InChI is InChI=1S/C15H22N2O/c18-14-7-1-6-13-12-5-3-9-16-8-2-4-11(15(12)16)10-17(13)14/h1,7,11-13,15H,2-6,8-10H2/t11-,12-,13-,15-/m1/s1. The van der Waals surface area contributed by atoms with E-state index >= 15 is 0 Å². The Morgan fingerprint density at radius 3 is 2.89 bits per heavy atom. The first-order valence-electron chi connectivity index (χ1n) is 7.56. The smallest absolute Gasteiger partial charge is 0.246 e. The molecule has 4 aliphatic heterocycles. The Morgan fingerprint density at radius 2 is 2.00 bits per heavy atom. The molecule has 4 aliphatic rings. The summed E-state index contributed by atoms with van der Waals surface area (Å²) in [4.78, 5) is 17.0. The van der Waals surface area contributed by atoms with Crippen molar-refractivity contribution in [1.82, 2.24) is 9.80 Å². The van der Waals surface area contributed by atoms with Gasteiger partial charge in [0, 0.05) is 18.6 Å². The number of carbonyl (C=O) groups is 1. The number of hydrogen-bond acceptors (Lipinski definition) is 2. The van der Waals surface area contributed by atoms with Gasteiger partial charge >= 0.3 is 0 Å². The van der Waals surface area contributed by atoms with Crippen molar-refractivity contribution in [2.75, 3.05) is 19.6 Å². The molecule has 1 amide bonds. The van der Waals surface area contributed by atoms with Gasteiger partial charge in [-0.15, -0.1) is 0 Å². The van der Waals surface area contributed by atoms with Crippen molar-refractivity contribution in [3.8, 4) is 0 Å². The molecule has 4 atom stereocenters. The van der Waals surface area contributed by atoms with Crippen LogP contribution in [0, 0.1) is 11.8 Å². The van der Waals surface area contributed by atoms with E-state index in [0.717, 1.165) is 30.8 Å². The number of carbonyl (C=O) groups excluding carboxylic acids is 1. The van der Waals surface area contributed by atoms with E-state index in [-0.39, 0.29) is 5.91 Å². The fourth-order valence-electron chi connectivity index (χ4n) is 4.95. The number of amides is 1. The van der Waals surface area contributed by atoms with E-state index in [1.165, 1.54) is 38.8 Å². The summed E-state index contributed by atoms with van der Waals surface area (Å²) >= 11 is 0. The summed E-state index contributed by atoms with van der Waals surface area (Å²) in [6, 6.07) is 1.29. The Labute approximate surface area is 109 Å². The molecule has 3 nitrogen and oxygen atoms in total. The molecule has 0 aromatic rings. The van der Waals surface area contributed by atoms with Gasteiger partial charge in [-0.1, -0.05) is 6.08 Å². The van der Waals surface area contributed by atoms with E-state index in [9.17, 15) is 4.79 Å². The van der Waals surface area contributed by atoms with Crippen molar-refractivity contribution >= 4 is 5.91 Å². The second-order valence-electron chi connectivity index (χ2n) is 6.43. The minimum absolute atomic E-state index is 0.271. The zero-order chi connectivity index (χ0) is 12.1. The van der Waals surface area contributed by atoms with E-state index < -0.39 is 0 Å². The molecule has 98 valence electrons. The van der Waals surface area contributed by atoms with Crippen molar-refractivity contribution in [2.24, 2.45) is 11.8 Å². The molecule has 0 saturated carbocycles. The largest absolute Gasteiger partial charge is 0.335 e. The summed E-state index contributed by atoms with van der Waals surface area (Å²) < 4.78 is 0. The van der Waals surface area contributed by atoms with Gasteiger partial charge in [0.15, 0.2) is 0 Å². The lowest BCUT2D eigenvalue weighted by Crippen LogP contribution is -2.65. The molecule has 0 spiro atoms. The fourth-order valence-corrected chi connectivity index (χ4v) is 4.95. The maximum absolute atomic E-state index is 12.1. The molecular formula is C15H22N2O. The molecule has 3 fully saturated rings. The van der Waals surface area contributed by atoms with Crippen LogP contribution in [-0.2, 0) is 4.79 Å². The molecule has 3 heteroatoms. The van der Waals surface area contributed by atoms with Crippen LogP contribution in [0.2, 0.25) is 0 Å². The van der Waals surface area contributed by atoms with Crippen LogP contribution in [0.15, 0.2) is 12.2 Å². The number of piperidine rings is 3. The molecule has 4 heterocycles. The molecule has 0 radical (unpaired) electrons. The number of fused-ring (bicyclic) bond motifs is 2. The van der Waals surface area contributed by atoms with Gasteiger partial charge < -0.3 is 4.90 Å². The van der Waals surface area contributed by atoms with Gasteiger partial charge in [-0.05, 0) is 63.1 Å². The van der Waals surface area contributed by atoms with E-state index in [1.54, 1.807) is 6.08 Å². The Bertz CT molecular complexity index is 390. The first kappa shape index (κ1) is 11.0. The lowest BCUT2D eigenvalue weighted by atomic mass is 9.68. The summed E-state index contributed by atoms with van der Waals surface area (Å²) in [7, 11) is 0. The van der Waals surface area contributed by atoms with Crippen LogP contribution in [-0.4, -0.2) is 47.4 Å².